The Balaban J connectivity index is 1.48. The molecule has 6 heteroatoms. The van der Waals surface area contributed by atoms with Crippen molar-refractivity contribution in [2.75, 3.05) is 0 Å². The van der Waals surface area contributed by atoms with Crippen molar-refractivity contribution < 1.29 is 9.53 Å². The number of amides is 1. The summed E-state index contributed by atoms with van der Waals surface area (Å²) in [6.45, 7) is 2.11. The van der Waals surface area contributed by atoms with E-state index in [1.54, 1.807) is 30.6 Å². The van der Waals surface area contributed by atoms with Gasteiger partial charge in [0.05, 0.1) is 11.3 Å². The zero-order valence-electron chi connectivity index (χ0n) is 17.1. The van der Waals surface area contributed by atoms with Gasteiger partial charge in [-0.2, -0.15) is 0 Å². The van der Waals surface area contributed by atoms with Crippen LogP contribution in [0.25, 0.3) is 11.3 Å². The van der Waals surface area contributed by atoms with Crippen LogP contribution in [0.1, 0.15) is 49.4 Å². The van der Waals surface area contributed by atoms with Crippen molar-refractivity contribution in [2.24, 2.45) is 5.92 Å². The molecule has 1 aliphatic rings. The highest BCUT2D eigenvalue weighted by atomic mass is 16.5. The topological polar surface area (TPSA) is 77.0 Å². The number of benzene rings is 1. The van der Waals surface area contributed by atoms with Crippen LogP contribution in [0, 0.1) is 5.92 Å². The molecule has 0 spiro atoms. The van der Waals surface area contributed by atoms with E-state index in [4.69, 9.17) is 4.74 Å². The average Bonchev–Trinajstić information content (AvgIpc) is 2.81. The Hall–Kier alpha value is -3.28. The van der Waals surface area contributed by atoms with Crippen molar-refractivity contribution in [1.29, 1.82) is 0 Å². The lowest BCUT2D eigenvalue weighted by Gasteiger charge is -2.28. The predicted octanol–water partition coefficient (Wildman–Crippen LogP) is 5.03. The van der Waals surface area contributed by atoms with Crippen molar-refractivity contribution in [3.05, 3.63) is 66.7 Å². The zero-order chi connectivity index (χ0) is 20.8. The van der Waals surface area contributed by atoms with E-state index >= 15 is 0 Å². The highest BCUT2D eigenvalue weighted by Crippen LogP contribution is 2.30. The van der Waals surface area contributed by atoms with Crippen LogP contribution >= 0.6 is 0 Å². The average molecular weight is 402 g/mol. The number of hydrogen-bond acceptors (Lipinski definition) is 5. The predicted molar refractivity (Wildman–Crippen MR) is 115 cm³/mol. The molecule has 1 aliphatic carbocycles. The van der Waals surface area contributed by atoms with E-state index in [0.717, 1.165) is 11.3 Å². The van der Waals surface area contributed by atoms with Gasteiger partial charge in [0, 0.05) is 24.0 Å². The number of hydrogen-bond donors (Lipinski definition) is 1. The van der Waals surface area contributed by atoms with E-state index in [0.29, 0.717) is 23.1 Å². The Morgan fingerprint density at radius 2 is 1.93 bits per heavy atom. The van der Waals surface area contributed by atoms with Crippen LogP contribution in [0.2, 0.25) is 0 Å². The maximum atomic E-state index is 12.8. The molecule has 1 saturated carbocycles. The minimum absolute atomic E-state index is 0.0735. The minimum atomic E-state index is -0.0735. The van der Waals surface area contributed by atoms with Crippen LogP contribution < -0.4 is 10.1 Å². The third kappa shape index (κ3) is 4.82. The normalized spacial score (nSPS) is 15.4. The second-order valence-corrected chi connectivity index (χ2v) is 7.74. The number of pyridine rings is 1. The van der Waals surface area contributed by atoms with Gasteiger partial charge in [-0.1, -0.05) is 25.3 Å². The van der Waals surface area contributed by atoms with Crippen molar-refractivity contribution in [1.82, 2.24) is 20.3 Å². The fourth-order valence-corrected chi connectivity index (χ4v) is 3.97. The first-order valence-electron chi connectivity index (χ1n) is 10.5. The Labute approximate surface area is 176 Å². The molecule has 4 rings (SSSR count). The lowest BCUT2D eigenvalue weighted by molar-refractivity contribution is 0.0919. The lowest BCUT2D eigenvalue weighted by Crippen LogP contribution is -2.38. The number of carbonyl (C=O) groups excluding carboxylic acids is 1. The molecule has 0 radical (unpaired) electrons. The van der Waals surface area contributed by atoms with Gasteiger partial charge in [0.2, 0.25) is 5.88 Å². The molecule has 30 heavy (non-hydrogen) atoms. The van der Waals surface area contributed by atoms with Crippen LogP contribution in [-0.2, 0) is 0 Å². The molecule has 1 atom stereocenters. The summed E-state index contributed by atoms with van der Waals surface area (Å²) >= 11 is 0. The first-order valence-corrected chi connectivity index (χ1v) is 10.5. The van der Waals surface area contributed by atoms with Crippen LogP contribution in [0.15, 0.2) is 61.2 Å². The molecule has 6 nitrogen and oxygen atoms in total. The number of nitrogens with zero attached hydrogens (tertiary/aromatic N) is 3. The van der Waals surface area contributed by atoms with Crippen LogP contribution in [0.3, 0.4) is 0 Å². The molecule has 0 aliphatic heterocycles. The van der Waals surface area contributed by atoms with E-state index in [2.05, 4.69) is 27.2 Å². The summed E-state index contributed by atoms with van der Waals surface area (Å²) in [4.78, 5) is 25.4. The first kappa shape index (κ1) is 20.0. The third-order valence-corrected chi connectivity index (χ3v) is 5.66. The van der Waals surface area contributed by atoms with Crippen LogP contribution in [0.5, 0.6) is 11.6 Å². The standard InChI is InChI=1S/C24H26N4O2/c1-17(18-7-3-2-4-8-18)28-23(29)19-9-5-10-20(15-19)30-24-21(11-6-13-26-24)22-12-14-25-16-27-22/h5-6,9-18H,2-4,7-8H2,1H3,(H,28,29)/t17-/m0/s1. The van der Waals surface area contributed by atoms with Gasteiger partial charge < -0.3 is 10.1 Å². The number of carbonyl (C=O) groups is 1. The van der Waals surface area contributed by atoms with Gasteiger partial charge in [0.15, 0.2) is 0 Å². The summed E-state index contributed by atoms with van der Waals surface area (Å²) in [5.41, 5.74) is 2.07. The SMILES string of the molecule is C[C@H](NC(=O)c1cccc(Oc2ncccc2-c2ccncn2)c1)C1CCCCC1. The molecule has 3 aromatic rings. The van der Waals surface area contributed by atoms with E-state index in [9.17, 15) is 4.79 Å². The van der Waals surface area contributed by atoms with Gasteiger partial charge in [-0.3, -0.25) is 4.79 Å². The van der Waals surface area contributed by atoms with Crippen molar-refractivity contribution in [3.8, 4) is 22.9 Å². The molecule has 0 bridgehead atoms. The molecule has 1 amide bonds. The quantitative estimate of drug-likeness (QED) is 0.626. The number of aromatic nitrogens is 3. The minimum Gasteiger partial charge on any atom is -0.438 e. The Kier molecular flexibility index (Phi) is 6.32. The van der Waals surface area contributed by atoms with E-state index in [1.165, 1.54) is 38.4 Å². The van der Waals surface area contributed by atoms with Gasteiger partial charge in [0.25, 0.3) is 5.91 Å². The molecule has 0 saturated heterocycles. The van der Waals surface area contributed by atoms with Crippen molar-refractivity contribution >= 4 is 5.91 Å². The summed E-state index contributed by atoms with van der Waals surface area (Å²) in [5.74, 6) is 1.48. The van der Waals surface area contributed by atoms with E-state index in [1.807, 2.05) is 24.3 Å². The largest absolute Gasteiger partial charge is 0.438 e. The second-order valence-electron chi connectivity index (χ2n) is 7.74. The van der Waals surface area contributed by atoms with Gasteiger partial charge in [-0.25, -0.2) is 15.0 Å². The molecule has 0 unspecified atom stereocenters. The molecule has 2 aromatic heterocycles. The zero-order valence-corrected chi connectivity index (χ0v) is 17.1. The summed E-state index contributed by atoms with van der Waals surface area (Å²) < 4.78 is 6.02. The molecule has 2 heterocycles. The fraction of sp³-hybridized carbons (Fsp3) is 0.333. The monoisotopic (exact) mass is 402 g/mol. The Morgan fingerprint density at radius 3 is 2.73 bits per heavy atom. The van der Waals surface area contributed by atoms with Gasteiger partial charge in [-0.05, 0) is 62.1 Å². The van der Waals surface area contributed by atoms with Gasteiger partial charge in [0.1, 0.15) is 12.1 Å². The number of nitrogens with one attached hydrogen (secondary N) is 1. The van der Waals surface area contributed by atoms with Gasteiger partial charge >= 0.3 is 0 Å². The summed E-state index contributed by atoms with van der Waals surface area (Å²) in [6.07, 6.45) is 11.0. The summed E-state index contributed by atoms with van der Waals surface area (Å²) in [6, 6.07) is 12.9. The van der Waals surface area contributed by atoms with Crippen molar-refractivity contribution in [3.63, 3.8) is 0 Å². The van der Waals surface area contributed by atoms with E-state index in [-0.39, 0.29) is 11.9 Å². The fourth-order valence-electron chi connectivity index (χ4n) is 3.97. The van der Waals surface area contributed by atoms with Crippen LogP contribution in [0.4, 0.5) is 0 Å². The third-order valence-electron chi connectivity index (χ3n) is 5.66. The van der Waals surface area contributed by atoms with Crippen molar-refractivity contribution in [2.45, 2.75) is 45.1 Å². The van der Waals surface area contributed by atoms with E-state index < -0.39 is 0 Å². The van der Waals surface area contributed by atoms with Gasteiger partial charge in [-0.15, -0.1) is 0 Å². The lowest BCUT2D eigenvalue weighted by atomic mass is 9.84. The molecule has 1 N–H and O–H groups in total. The highest BCUT2D eigenvalue weighted by Gasteiger charge is 2.22. The second kappa shape index (κ2) is 9.48. The molecular formula is C24H26N4O2. The Bertz CT molecular complexity index is 987. The summed E-state index contributed by atoms with van der Waals surface area (Å²) in [5, 5.41) is 3.17. The summed E-state index contributed by atoms with van der Waals surface area (Å²) in [7, 11) is 0. The maximum absolute atomic E-state index is 12.8. The number of ether oxygens (including phenoxy) is 1. The molecular weight excluding hydrogens is 376 g/mol. The smallest absolute Gasteiger partial charge is 0.251 e. The van der Waals surface area contributed by atoms with Crippen LogP contribution in [-0.4, -0.2) is 26.9 Å². The molecule has 1 fully saturated rings. The first-order chi connectivity index (χ1) is 14.7. The maximum Gasteiger partial charge on any atom is 0.251 e. The highest BCUT2D eigenvalue weighted by molar-refractivity contribution is 5.94. The molecule has 1 aromatic carbocycles. The molecule has 154 valence electrons. The number of rotatable bonds is 6. The Morgan fingerprint density at radius 1 is 1.07 bits per heavy atom.